The Bertz CT molecular complexity index is 469. The van der Waals surface area contributed by atoms with Crippen LogP contribution >= 0.6 is 0 Å². The average molecular weight is 266 g/mol. The first-order chi connectivity index (χ1) is 9.06. The number of aromatic nitrogens is 1. The van der Waals surface area contributed by atoms with Crippen LogP contribution in [0.5, 0.6) is 0 Å². The van der Waals surface area contributed by atoms with Crippen molar-refractivity contribution in [2.24, 2.45) is 5.92 Å². The van der Waals surface area contributed by atoms with Gasteiger partial charge in [-0.05, 0) is 25.2 Å². The highest BCUT2D eigenvalue weighted by molar-refractivity contribution is 5.94. The summed E-state index contributed by atoms with van der Waals surface area (Å²) in [4.78, 5) is 22.6. The molecule has 0 bridgehead atoms. The number of carboxylic acid groups (broad SMARTS) is 1. The molecule has 1 saturated carbocycles. The Labute approximate surface area is 111 Å². The van der Waals surface area contributed by atoms with E-state index in [-0.39, 0.29) is 23.4 Å². The number of carbonyl (C=O) groups excluding carboxylic acids is 1. The fourth-order valence-corrected chi connectivity index (χ4v) is 2.37. The van der Waals surface area contributed by atoms with Crippen LogP contribution in [0.25, 0.3) is 0 Å². The highest BCUT2D eigenvalue weighted by Crippen LogP contribution is 2.22. The summed E-state index contributed by atoms with van der Waals surface area (Å²) in [5.41, 5.74) is 0.0229. The van der Waals surface area contributed by atoms with Gasteiger partial charge in [-0.25, -0.2) is 4.79 Å². The molecular weight excluding hydrogens is 248 g/mol. The zero-order chi connectivity index (χ0) is 13.8. The number of rotatable bonds is 3. The summed E-state index contributed by atoms with van der Waals surface area (Å²) in [6.07, 6.45) is 5.31. The van der Waals surface area contributed by atoms with E-state index in [1.807, 2.05) is 0 Å². The van der Waals surface area contributed by atoms with Gasteiger partial charge in [-0.2, -0.15) is 0 Å². The molecule has 1 fully saturated rings. The van der Waals surface area contributed by atoms with Crippen LogP contribution < -0.4 is 5.32 Å². The molecule has 6 heteroatoms. The largest absolute Gasteiger partial charge is 0.475 e. The fraction of sp³-hybridized carbons (Fsp3) is 0.615. The molecule has 0 aromatic carbocycles. The number of nitrogens with one attached hydrogen (secondary N) is 1. The van der Waals surface area contributed by atoms with Crippen LogP contribution in [0.4, 0.5) is 0 Å². The number of hydrogen-bond donors (Lipinski definition) is 2. The van der Waals surface area contributed by atoms with E-state index in [1.165, 1.54) is 6.42 Å². The summed E-state index contributed by atoms with van der Waals surface area (Å²) in [6, 6.07) is 1.29. The summed E-state index contributed by atoms with van der Waals surface area (Å²) >= 11 is 0. The Morgan fingerprint density at radius 3 is 2.84 bits per heavy atom. The second-order valence-corrected chi connectivity index (χ2v) is 5.17. The average Bonchev–Trinajstić information content (AvgIpc) is 2.77. The van der Waals surface area contributed by atoms with E-state index < -0.39 is 5.97 Å². The maximum Gasteiger partial charge on any atom is 0.374 e. The first kappa shape index (κ1) is 13.6. The molecule has 2 unspecified atom stereocenters. The van der Waals surface area contributed by atoms with Crippen LogP contribution in [0.1, 0.15) is 60.1 Å². The highest BCUT2D eigenvalue weighted by Gasteiger charge is 2.21. The third-order valence-corrected chi connectivity index (χ3v) is 3.55. The van der Waals surface area contributed by atoms with E-state index >= 15 is 0 Å². The van der Waals surface area contributed by atoms with Crippen LogP contribution in [0.15, 0.2) is 10.6 Å². The van der Waals surface area contributed by atoms with Crippen LogP contribution in [0, 0.1) is 5.92 Å². The third kappa shape index (κ3) is 3.56. The second-order valence-electron chi connectivity index (χ2n) is 5.17. The quantitative estimate of drug-likeness (QED) is 0.817. The molecule has 19 heavy (non-hydrogen) atoms. The molecule has 6 nitrogen and oxygen atoms in total. The maximum absolute atomic E-state index is 11.9. The molecule has 1 aliphatic rings. The molecule has 2 atom stereocenters. The van der Waals surface area contributed by atoms with Crippen molar-refractivity contribution in [2.45, 2.75) is 45.1 Å². The molecule has 104 valence electrons. The van der Waals surface area contributed by atoms with Crippen molar-refractivity contribution in [3.63, 3.8) is 0 Å². The molecule has 1 heterocycles. The number of carbonyl (C=O) groups is 2. The van der Waals surface area contributed by atoms with E-state index in [1.54, 1.807) is 0 Å². The van der Waals surface area contributed by atoms with Crippen LogP contribution in [-0.2, 0) is 0 Å². The Hall–Kier alpha value is -1.85. The molecule has 0 saturated heterocycles. The lowest BCUT2D eigenvalue weighted by Crippen LogP contribution is -2.34. The minimum absolute atomic E-state index is 0.0229. The Morgan fingerprint density at radius 2 is 2.16 bits per heavy atom. The second kappa shape index (κ2) is 5.86. The lowest BCUT2D eigenvalue weighted by atomic mass is 10.0. The molecule has 0 spiro atoms. The van der Waals surface area contributed by atoms with Gasteiger partial charge in [-0.15, -0.1) is 0 Å². The first-order valence-corrected chi connectivity index (χ1v) is 6.57. The Balaban J connectivity index is 1.94. The van der Waals surface area contributed by atoms with Gasteiger partial charge in [0.15, 0.2) is 5.69 Å². The minimum Gasteiger partial charge on any atom is -0.475 e. The molecule has 1 amide bonds. The number of amides is 1. The smallest absolute Gasteiger partial charge is 0.374 e. The van der Waals surface area contributed by atoms with Crippen LogP contribution in [0.3, 0.4) is 0 Å². The van der Waals surface area contributed by atoms with Crippen molar-refractivity contribution in [3.05, 3.63) is 17.5 Å². The van der Waals surface area contributed by atoms with E-state index in [4.69, 9.17) is 5.11 Å². The zero-order valence-corrected chi connectivity index (χ0v) is 10.9. The predicted octanol–water partition coefficient (Wildman–Crippen LogP) is 2.07. The van der Waals surface area contributed by atoms with E-state index in [9.17, 15) is 9.59 Å². The fourth-order valence-electron chi connectivity index (χ4n) is 2.37. The van der Waals surface area contributed by atoms with E-state index in [0.717, 1.165) is 31.7 Å². The summed E-state index contributed by atoms with van der Waals surface area (Å²) in [5, 5.41) is 15.1. The van der Waals surface area contributed by atoms with Crippen molar-refractivity contribution in [1.29, 1.82) is 0 Å². The molecule has 0 radical (unpaired) electrons. The summed E-state index contributed by atoms with van der Waals surface area (Å²) < 4.78 is 4.57. The van der Waals surface area contributed by atoms with Gasteiger partial charge in [-0.3, -0.25) is 4.79 Å². The zero-order valence-electron chi connectivity index (χ0n) is 10.9. The number of aromatic carboxylic acids is 1. The standard InChI is InChI=1S/C13H18N2O4/c1-8-3-2-4-9(6-5-8)14-12(16)10-7-11(13(17)18)19-15-10/h7-9H,2-6H2,1H3,(H,14,16)(H,17,18). The van der Waals surface area contributed by atoms with Gasteiger partial charge in [0, 0.05) is 12.1 Å². The molecule has 2 N–H and O–H groups in total. The lowest BCUT2D eigenvalue weighted by Gasteiger charge is -2.15. The Morgan fingerprint density at radius 1 is 1.37 bits per heavy atom. The first-order valence-electron chi connectivity index (χ1n) is 6.57. The van der Waals surface area contributed by atoms with Crippen molar-refractivity contribution < 1.29 is 19.2 Å². The summed E-state index contributed by atoms with van der Waals surface area (Å²) in [5.74, 6) is -1.21. The molecule has 1 aromatic heterocycles. The van der Waals surface area contributed by atoms with Gasteiger partial charge in [0.05, 0.1) is 0 Å². The van der Waals surface area contributed by atoms with Crippen LogP contribution in [0.2, 0.25) is 0 Å². The number of carboxylic acids is 1. The van der Waals surface area contributed by atoms with E-state index in [2.05, 4.69) is 21.9 Å². The molecular formula is C13H18N2O4. The summed E-state index contributed by atoms with van der Waals surface area (Å²) in [7, 11) is 0. The third-order valence-electron chi connectivity index (χ3n) is 3.55. The van der Waals surface area contributed by atoms with Gasteiger partial charge in [0.25, 0.3) is 5.91 Å². The topological polar surface area (TPSA) is 92.4 Å². The molecule has 2 rings (SSSR count). The maximum atomic E-state index is 11.9. The molecule has 1 aliphatic carbocycles. The highest BCUT2D eigenvalue weighted by atomic mass is 16.5. The van der Waals surface area contributed by atoms with Crippen molar-refractivity contribution >= 4 is 11.9 Å². The van der Waals surface area contributed by atoms with Crippen molar-refractivity contribution in [2.75, 3.05) is 0 Å². The lowest BCUT2D eigenvalue weighted by molar-refractivity contribution is 0.0651. The predicted molar refractivity (Wildman–Crippen MR) is 67.0 cm³/mol. The van der Waals surface area contributed by atoms with Gasteiger partial charge in [0.2, 0.25) is 5.76 Å². The Kier molecular flexibility index (Phi) is 4.19. The molecule has 0 aliphatic heterocycles. The summed E-state index contributed by atoms with van der Waals surface area (Å²) in [6.45, 7) is 2.22. The van der Waals surface area contributed by atoms with E-state index in [0.29, 0.717) is 5.92 Å². The number of hydrogen-bond acceptors (Lipinski definition) is 4. The van der Waals surface area contributed by atoms with Crippen LogP contribution in [-0.4, -0.2) is 28.2 Å². The molecule has 1 aromatic rings. The normalized spacial score (nSPS) is 23.6. The van der Waals surface area contributed by atoms with Gasteiger partial charge < -0.3 is 14.9 Å². The van der Waals surface area contributed by atoms with Gasteiger partial charge in [-0.1, -0.05) is 24.9 Å². The van der Waals surface area contributed by atoms with Crippen molar-refractivity contribution in [3.8, 4) is 0 Å². The monoisotopic (exact) mass is 266 g/mol. The van der Waals surface area contributed by atoms with Crippen molar-refractivity contribution in [1.82, 2.24) is 10.5 Å². The minimum atomic E-state index is -1.23. The van der Waals surface area contributed by atoms with Gasteiger partial charge in [0.1, 0.15) is 0 Å². The number of nitrogens with zero attached hydrogens (tertiary/aromatic N) is 1. The SMILES string of the molecule is CC1CCCC(NC(=O)c2cc(C(=O)O)on2)CC1. The van der Waals surface area contributed by atoms with Gasteiger partial charge >= 0.3 is 5.97 Å².